The first-order chi connectivity index (χ1) is 18.5. The summed E-state index contributed by atoms with van der Waals surface area (Å²) in [6, 6.07) is 47.3. The van der Waals surface area contributed by atoms with Crippen LogP contribution in [0.25, 0.3) is 65.3 Å². The molecule has 0 N–H and O–H groups in total. The molecule has 0 amide bonds. The van der Waals surface area contributed by atoms with Crippen molar-refractivity contribution >= 4 is 56.4 Å². The van der Waals surface area contributed by atoms with Gasteiger partial charge in [-0.25, -0.2) is 0 Å². The third-order valence-corrected chi connectivity index (χ3v) is 10.1. The van der Waals surface area contributed by atoms with Crippen LogP contribution in [0.2, 0.25) is 19.6 Å². The van der Waals surface area contributed by atoms with Gasteiger partial charge in [-0.15, -0.1) is 0 Å². The van der Waals surface area contributed by atoms with Crippen molar-refractivity contribution in [3.63, 3.8) is 0 Å². The Bertz CT molecular complexity index is 2000. The number of hydrogen-bond donors (Lipinski definition) is 0. The molecular formula is C37H30Si. The molecule has 0 spiro atoms. The first-order valence-corrected chi connectivity index (χ1v) is 17.0. The molecule has 1 heteroatoms. The molecular weight excluding hydrogens is 472 g/mol. The summed E-state index contributed by atoms with van der Waals surface area (Å²) in [6.45, 7) is 7.33. The maximum atomic E-state index is 2.51. The Balaban J connectivity index is 1.72. The van der Waals surface area contributed by atoms with Crippen molar-refractivity contribution in [2.24, 2.45) is 0 Å². The molecule has 0 heterocycles. The molecule has 7 aromatic carbocycles. The van der Waals surface area contributed by atoms with Gasteiger partial charge in [0.1, 0.15) is 0 Å². The van der Waals surface area contributed by atoms with E-state index in [0.717, 1.165) is 0 Å². The van der Waals surface area contributed by atoms with Crippen LogP contribution in [0.5, 0.6) is 0 Å². The molecule has 7 aromatic rings. The summed E-state index contributed by atoms with van der Waals surface area (Å²) in [4.78, 5) is 0. The first kappa shape index (κ1) is 23.0. The minimum Gasteiger partial charge on any atom is -0.0656 e. The van der Waals surface area contributed by atoms with E-state index in [1.54, 1.807) is 0 Å². The largest absolute Gasteiger partial charge is 0.0776 e. The van der Waals surface area contributed by atoms with Gasteiger partial charge in [-0.2, -0.15) is 0 Å². The Labute approximate surface area is 225 Å². The molecule has 0 aromatic heterocycles. The molecule has 0 saturated carbocycles. The minimum absolute atomic E-state index is 1.28. The van der Waals surface area contributed by atoms with Crippen LogP contribution in [0.4, 0.5) is 0 Å². The fourth-order valence-electron chi connectivity index (χ4n) is 6.11. The Morgan fingerprint density at radius 3 is 1.32 bits per heavy atom. The van der Waals surface area contributed by atoms with Gasteiger partial charge in [0.25, 0.3) is 0 Å². The third kappa shape index (κ3) is 3.58. The minimum atomic E-state index is -1.54. The van der Waals surface area contributed by atoms with Crippen molar-refractivity contribution in [1.29, 1.82) is 0 Å². The average Bonchev–Trinajstić information content (AvgIpc) is 2.95. The molecule has 0 aliphatic carbocycles. The predicted octanol–water partition coefficient (Wildman–Crippen LogP) is 10.2. The van der Waals surface area contributed by atoms with Crippen LogP contribution < -0.4 is 5.19 Å². The molecule has 0 unspecified atom stereocenters. The molecule has 0 nitrogen and oxygen atoms in total. The molecule has 7 rings (SSSR count). The average molecular weight is 503 g/mol. The monoisotopic (exact) mass is 502 g/mol. The van der Waals surface area contributed by atoms with E-state index in [1.807, 2.05) is 0 Å². The van der Waals surface area contributed by atoms with Crippen molar-refractivity contribution in [3.05, 3.63) is 127 Å². The van der Waals surface area contributed by atoms with Gasteiger partial charge in [-0.3, -0.25) is 0 Å². The third-order valence-electron chi connectivity index (χ3n) is 8.01. The van der Waals surface area contributed by atoms with E-state index in [-0.39, 0.29) is 0 Å². The summed E-state index contributed by atoms with van der Waals surface area (Å²) in [5.74, 6) is 0. The van der Waals surface area contributed by atoms with Crippen LogP contribution >= 0.6 is 0 Å². The molecule has 0 radical (unpaired) electrons. The van der Waals surface area contributed by atoms with Crippen LogP contribution in [-0.4, -0.2) is 8.07 Å². The molecule has 38 heavy (non-hydrogen) atoms. The highest BCUT2D eigenvalue weighted by Gasteiger charge is 2.22. The van der Waals surface area contributed by atoms with Crippen LogP contribution in [0, 0.1) is 0 Å². The Hall–Kier alpha value is -4.20. The highest BCUT2D eigenvalue weighted by Crippen LogP contribution is 2.46. The fourth-order valence-corrected chi connectivity index (χ4v) is 7.27. The molecule has 0 aliphatic rings. The zero-order valence-corrected chi connectivity index (χ0v) is 23.1. The number of benzene rings is 7. The summed E-state index contributed by atoms with van der Waals surface area (Å²) >= 11 is 0. The number of fused-ring (bicyclic) bond motifs is 4. The van der Waals surface area contributed by atoms with Crippen LogP contribution in [0.1, 0.15) is 0 Å². The van der Waals surface area contributed by atoms with Gasteiger partial charge in [0, 0.05) is 0 Å². The highest BCUT2D eigenvalue weighted by atomic mass is 28.3. The van der Waals surface area contributed by atoms with Gasteiger partial charge in [-0.05, 0) is 65.3 Å². The van der Waals surface area contributed by atoms with Crippen molar-refractivity contribution < 1.29 is 0 Å². The van der Waals surface area contributed by atoms with Crippen LogP contribution in [-0.2, 0) is 0 Å². The van der Waals surface area contributed by atoms with E-state index in [2.05, 4.69) is 147 Å². The van der Waals surface area contributed by atoms with Gasteiger partial charge < -0.3 is 0 Å². The number of hydrogen-bond acceptors (Lipinski definition) is 0. The summed E-state index contributed by atoms with van der Waals surface area (Å²) in [7, 11) is -1.54. The van der Waals surface area contributed by atoms with Crippen molar-refractivity contribution in [1.82, 2.24) is 0 Å². The second-order valence-corrected chi connectivity index (χ2v) is 16.4. The predicted molar refractivity (Wildman–Crippen MR) is 170 cm³/mol. The topological polar surface area (TPSA) is 0 Å². The lowest BCUT2D eigenvalue weighted by Gasteiger charge is -2.23. The fraction of sp³-hybridized carbons (Fsp3) is 0.0811. The van der Waals surface area contributed by atoms with Crippen LogP contribution in [0.3, 0.4) is 0 Å². The molecule has 0 saturated heterocycles. The van der Waals surface area contributed by atoms with E-state index in [4.69, 9.17) is 0 Å². The summed E-state index contributed by atoms with van der Waals surface area (Å²) in [5.41, 5.74) is 5.28. The molecule has 0 fully saturated rings. The van der Waals surface area contributed by atoms with Gasteiger partial charge >= 0.3 is 0 Å². The number of rotatable bonds is 3. The Morgan fingerprint density at radius 1 is 0.368 bits per heavy atom. The molecule has 182 valence electrons. The maximum Gasteiger partial charge on any atom is 0.0776 e. The zero-order chi connectivity index (χ0) is 25.9. The van der Waals surface area contributed by atoms with Gasteiger partial charge in [0.15, 0.2) is 0 Å². The smallest absolute Gasteiger partial charge is 0.0656 e. The van der Waals surface area contributed by atoms with Crippen molar-refractivity contribution in [3.8, 4) is 22.3 Å². The van der Waals surface area contributed by atoms with Crippen molar-refractivity contribution in [2.75, 3.05) is 0 Å². The van der Waals surface area contributed by atoms with E-state index in [0.29, 0.717) is 0 Å². The van der Waals surface area contributed by atoms with E-state index in [1.165, 1.54) is 70.5 Å². The van der Waals surface area contributed by atoms with Gasteiger partial charge in [0.05, 0.1) is 8.07 Å². The van der Waals surface area contributed by atoms with Crippen LogP contribution in [0.15, 0.2) is 127 Å². The SMILES string of the molecule is C[Si](C)(C)c1ccc2c(-c3cccc4ccccc34)c3ccccc3c(-c3cccc4ccccc34)c2c1. The summed E-state index contributed by atoms with van der Waals surface area (Å²) in [5, 5.41) is 11.9. The highest BCUT2D eigenvalue weighted by molar-refractivity contribution is 6.88. The standard InChI is InChI=1S/C37H30Si/c1-38(2,3)27-22-23-34-35(24-27)37(31-21-11-15-26-13-5-7-17-29(26)31)33-19-9-8-18-32(33)36(34)30-20-10-14-25-12-4-6-16-28(25)30/h4-24H,1-3H3. The first-order valence-electron chi connectivity index (χ1n) is 13.5. The maximum absolute atomic E-state index is 2.51. The van der Waals surface area contributed by atoms with E-state index in [9.17, 15) is 0 Å². The molecule has 0 atom stereocenters. The quantitative estimate of drug-likeness (QED) is 0.166. The van der Waals surface area contributed by atoms with Gasteiger partial charge in [-0.1, -0.05) is 152 Å². The summed E-state index contributed by atoms with van der Waals surface area (Å²) in [6.07, 6.45) is 0. The lowest BCUT2D eigenvalue weighted by atomic mass is 9.84. The summed E-state index contributed by atoms with van der Waals surface area (Å²) < 4.78 is 0. The van der Waals surface area contributed by atoms with Crippen molar-refractivity contribution in [2.45, 2.75) is 19.6 Å². The van der Waals surface area contributed by atoms with E-state index >= 15 is 0 Å². The second-order valence-electron chi connectivity index (χ2n) is 11.4. The van der Waals surface area contributed by atoms with E-state index < -0.39 is 8.07 Å². The molecule has 0 bridgehead atoms. The Kier molecular flexibility index (Phi) is 5.24. The normalized spacial score (nSPS) is 12.1. The zero-order valence-electron chi connectivity index (χ0n) is 22.1. The second kappa shape index (κ2) is 8.68. The Morgan fingerprint density at radius 2 is 0.789 bits per heavy atom. The lowest BCUT2D eigenvalue weighted by molar-refractivity contribution is 1.68. The lowest BCUT2D eigenvalue weighted by Crippen LogP contribution is -2.37. The molecule has 0 aliphatic heterocycles. The van der Waals surface area contributed by atoms with Gasteiger partial charge in [0.2, 0.25) is 0 Å².